The highest BCUT2D eigenvalue weighted by Gasteiger charge is 2.27. The van der Waals surface area contributed by atoms with Crippen LogP contribution in [0.2, 0.25) is 0 Å². The highest BCUT2D eigenvalue weighted by molar-refractivity contribution is 6.05. The maximum absolute atomic E-state index is 12.6. The second-order valence-electron chi connectivity index (χ2n) is 4.79. The zero-order valence-electron chi connectivity index (χ0n) is 11.6. The van der Waals surface area contributed by atoms with Crippen molar-refractivity contribution in [2.24, 2.45) is 0 Å². The quantitative estimate of drug-likeness (QED) is 0.910. The smallest absolute Gasteiger partial charge is 0.296 e. The summed E-state index contributed by atoms with van der Waals surface area (Å²) in [5.41, 5.74) is 1.52. The van der Waals surface area contributed by atoms with E-state index in [0.717, 1.165) is 18.4 Å². The summed E-state index contributed by atoms with van der Waals surface area (Å²) in [7, 11) is 1.51. The van der Waals surface area contributed by atoms with Gasteiger partial charge in [-0.25, -0.2) is 9.97 Å². The predicted molar refractivity (Wildman–Crippen MR) is 76.7 cm³/mol. The highest BCUT2D eigenvalue weighted by atomic mass is 16.5. The summed E-state index contributed by atoms with van der Waals surface area (Å²) < 4.78 is 4.98. The number of phenols is 1. The molecule has 2 heterocycles. The lowest BCUT2D eigenvalue weighted by Crippen LogP contribution is -2.36. The number of methoxy groups -OCH3 is 1. The van der Waals surface area contributed by atoms with Crippen LogP contribution in [0.4, 0.5) is 5.69 Å². The molecule has 3 rings (SSSR count). The lowest BCUT2D eigenvalue weighted by Gasteiger charge is -2.29. The number of benzene rings is 1. The molecular formula is C15H15N3O3. The summed E-state index contributed by atoms with van der Waals surface area (Å²) in [6, 6.07) is 5.29. The lowest BCUT2D eigenvalue weighted by atomic mass is 10.0. The van der Waals surface area contributed by atoms with Gasteiger partial charge in [0.15, 0.2) is 5.75 Å². The molecule has 0 saturated carbocycles. The van der Waals surface area contributed by atoms with Gasteiger partial charge in [0, 0.05) is 6.54 Å². The number of fused-ring (bicyclic) bond motifs is 1. The number of hydrogen-bond donors (Lipinski definition) is 1. The van der Waals surface area contributed by atoms with Crippen molar-refractivity contribution < 1.29 is 14.6 Å². The Labute approximate surface area is 122 Å². The molecular weight excluding hydrogens is 270 g/mol. The van der Waals surface area contributed by atoms with E-state index in [1.54, 1.807) is 12.1 Å². The van der Waals surface area contributed by atoms with E-state index in [1.807, 2.05) is 6.07 Å². The minimum Gasteiger partial charge on any atom is -0.506 e. The third-order valence-electron chi connectivity index (χ3n) is 3.50. The van der Waals surface area contributed by atoms with Gasteiger partial charge in [0.05, 0.1) is 25.2 Å². The average Bonchev–Trinajstić information content (AvgIpc) is 2.54. The van der Waals surface area contributed by atoms with Crippen LogP contribution in [-0.2, 0) is 6.42 Å². The summed E-state index contributed by atoms with van der Waals surface area (Å²) in [6.07, 6.45) is 4.60. The normalized spacial score (nSPS) is 13.7. The minimum absolute atomic E-state index is 0.0897. The molecule has 2 aromatic rings. The van der Waals surface area contributed by atoms with Gasteiger partial charge in [0.1, 0.15) is 5.75 Å². The number of anilines is 1. The number of para-hydroxylation sites is 1. The van der Waals surface area contributed by atoms with Crippen LogP contribution in [0, 0.1) is 0 Å². The van der Waals surface area contributed by atoms with E-state index in [9.17, 15) is 9.90 Å². The largest absolute Gasteiger partial charge is 0.506 e. The fourth-order valence-corrected chi connectivity index (χ4v) is 2.49. The van der Waals surface area contributed by atoms with Crippen LogP contribution in [0.25, 0.3) is 0 Å². The molecule has 1 N–H and O–H groups in total. The summed E-state index contributed by atoms with van der Waals surface area (Å²) in [4.78, 5) is 22.1. The number of rotatable bonds is 2. The first-order chi connectivity index (χ1) is 10.2. The van der Waals surface area contributed by atoms with Gasteiger partial charge in [0.25, 0.3) is 5.91 Å². The van der Waals surface area contributed by atoms with Crippen LogP contribution >= 0.6 is 0 Å². The third kappa shape index (κ3) is 2.40. The molecule has 1 aromatic carbocycles. The molecule has 1 aliphatic rings. The minimum atomic E-state index is -0.319. The van der Waals surface area contributed by atoms with E-state index in [4.69, 9.17) is 4.74 Å². The molecule has 0 atom stereocenters. The first-order valence-corrected chi connectivity index (χ1v) is 6.69. The molecule has 0 spiro atoms. The molecule has 0 bridgehead atoms. The fourth-order valence-electron chi connectivity index (χ4n) is 2.49. The fraction of sp³-hybridized carbons (Fsp3) is 0.267. The van der Waals surface area contributed by atoms with E-state index in [2.05, 4.69) is 9.97 Å². The summed E-state index contributed by atoms with van der Waals surface area (Å²) >= 11 is 0. The number of ether oxygens (including phenoxy) is 1. The van der Waals surface area contributed by atoms with Crippen LogP contribution < -0.4 is 9.64 Å². The Morgan fingerprint density at radius 2 is 2.10 bits per heavy atom. The molecule has 0 radical (unpaired) electrons. The number of amides is 1. The van der Waals surface area contributed by atoms with Gasteiger partial charge in [-0.3, -0.25) is 4.79 Å². The number of carbonyl (C=O) groups excluding carboxylic acids is 1. The second kappa shape index (κ2) is 5.40. The van der Waals surface area contributed by atoms with Crippen molar-refractivity contribution >= 4 is 11.6 Å². The molecule has 21 heavy (non-hydrogen) atoms. The maximum Gasteiger partial charge on any atom is 0.296 e. The molecule has 0 aliphatic carbocycles. The lowest BCUT2D eigenvalue weighted by molar-refractivity contribution is 0.0974. The van der Waals surface area contributed by atoms with Gasteiger partial charge < -0.3 is 14.7 Å². The van der Waals surface area contributed by atoms with Crippen molar-refractivity contribution in [1.82, 2.24) is 9.97 Å². The number of aromatic nitrogens is 2. The van der Waals surface area contributed by atoms with Gasteiger partial charge >= 0.3 is 0 Å². The first kappa shape index (κ1) is 13.4. The van der Waals surface area contributed by atoms with Crippen LogP contribution in [0.3, 0.4) is 0 Å². The molecule has 0 unspecified atom stereocenters. The van der Waals surface area contributed by atoms with Crippen LogP contribution in [0.5, 0.6) is 11.5 Å². The molecule has 0 fully saturated rings. The molecule has 0 saturated heterocycles. The van der Waals surface area contributed by atoms with Crippen molar-refractivity contribution in [2.75, 3.05) is 18.6 Å². The monoisotopic (exact) mass is 285 g/mol. The summed E-state index contributed by atoms with van der Waals surface area (Å²) in [6.45, 7) is 0.540. The Kier molecular flexibility index (Phi) is 3.43. The van der Waals surface area contributed by atoms with Gasteiger partial charge in [-0.05, 0) is 24.5 Å². The first-order valence-electron chi connectivity index (χ1n) is 6.69. The number of carbonyl (C=O) groups is 1. The Bertz CT molecular complexity index is 670. The SMILES string of the molecule is COc1cnc(C(=O)N2CCCc3cccc(O)c32)nc1. The van der Waals surface area contributed by atoms with E-state index >= 15 is 0 Å². The van der Waals surface area contributed by atoms with Crippen molar-refractivity contribution in [2.45, 2.75) is 12.8 Å². The highest BCUT2D eigenvalue weighted by Crippen LogP contribution is 2.35. The third-order valence-corrected chi connectivity index (χ3v) is 3.50. The van der Waals surface area contributed by atoms with Crippen LogP contribution in [-0.4, -0.2) is 34.6 Å². The van der Waals surface area contributed by atoms with Crippen LogP contribution in [0.15, 0.2) is 30.6 Å². The molecule has 108 valence electrons. The van der Waals surface area contributed by atoms with E-state index < -0.39 is 0 Å². The van der Waals surface area contributed by atoms with Gasteiger partial charge in [-0.15, -0.1) is 0 Å². The molecule has 6 heteroatoms. The molecule has 1 amide bonds. The number of hydrogen-bond acceptors (Lipinski definition) is 5. The predicted octanol–water partition coefficient (Wildman–Crippen LogP) is 1.78. The number of phenolic OH excluding ortho intramolecular Hbond substituents is 1. The number of nitrogens with zero attached hydrogens (tertiary/aromatic N) is 3. The van der Waals surface area contributed by atoms with Crippen LogP contribution in [0.1, 0.15) is 22.6 Å². The van der Waals surface area contributed by atoms with Gasteiger partial charge in [-0.1, -0.05) is 12.1 Å². The Morgan fingerprint density at radius 3 is 2.81 bits per heavy atom. The number of aromatic hydroxyl groups is 1. The Balaban J connectivity index is 1.96. The average molecular weight is 285 g/mol. The van der Waals surface area contributed by atoms with Crippen molar-refractivity contribution in [3.05, 3.63) is 42.0 Å². The Hall–Kier alpha value is -2.63. The van der Waals surface area contributed by atoms with Crippen molar-refractivity contribution in [3.8, 4) is 11.5 Å². The maximum atomic E-state index is 12.6. The summed E-state index contributed by atoms with van der Waals surface area (Å²) in [5, 5.41) is 10.1. The second-order valence-corrected chi connectivity index (χ2v) is 4.79. The van der Waals surface area contributed by atoms with Crippen molar-refractivity contribution in [3.63, 3.8) is 0 Å². The molecule has 1 aliphatic heterocycles. The van der Waals surface area contributed by atoms with E-state index in [-0.39, 0.29) is 17.5 Å². The zero-order chi connectivity index (χ0) is 14.8. The summed E-state index contributed by atoms with van der Waals surface area (Å²) in [5.74, 6) is 0.370. The number of aryl methyl sites for hydroxylation is 1. The zero-order valence-corrected chi connectivity index (χ0v) is 11.6. The van der Waals surface area contributed by atoms with E-state index in [1.165, 1.54) is 24.4 Å². The van der Waals surface area contributed by atoms with Gasteiger partial charge in [-0.2, -0.15) is 0 Å². The topological polar surface area (TPSA) is 75.5 Å². The Morgan fingerprint density at radius 1 is 1.33 bits per heavy atom. The van der Waals surface area contributed by atoms with E-state index in [0.29, 0.717) is 18.0 Å². The standard InChI is InChI=1S/C15H15N3O3/c1-21-11-8-16-14(17-9-11)15(20)18-7-3-5-10-4-2-6-12(19)13(10)18/h2,4,6,8-9,19H,3,5,7H2,1H3. The van der Waals surface area contributed by atoms with Crippen molar-refractivity contribution in [1.29, 1.82) is 0 Å². The molecule has 1 aromatic heterocycles. The molecule has 6 nitrogen and oxygen atoms in total. The van der Waals surface area contributed by atoms with Gasteiger partial charge in [0.2, 0.25) is 5.82 Å².